The predicted molar refractivity (Wildman–Crippen MR) is 94.0 cm³/mol. The third-order valence-corrected chi connectivity index (χ3v) is 6.51. The number of benzene rings is 1. The van der Waals surface area contributed by atoms with Gasteiger partial charge in [-0.1, -0.05) is 26.0 Å². The number of nitrogens with zero attached hydrogens (tertiary/aromatic N) is 1. The van der Waals surface area contributed by atoms with Crippen LogP contribution in [0, 0.1) is 5.92 Å². The molecule has 138 valence electrons. The molecule has 0 aromatic heterocycles. The van der Waals surface area contributed by atoms with Gasteiger partial charge in [-0.25, -0.2) is 13.2 Å². The molecule has 0 aliphatic carbocycles. The number of likely N-dealkylation sites (tertiary alicyclic amines) is 1. The molecule has 0 spiro atoms. The summed E-state index contributed by atoms with van der Waals surface area (Å²) in [5.74, 6) is -0.758. The molecule has 25 heavy (non-hydrogen) atoms. The second-order valence-corrected chi connectivity index (χ2v) is 8.90. The van der Waals surface area contributed by atoms with E-state index in [1.54, 1.807) is 31.2 Å². The Balaban J connectivity index is 1.98. The van der Waals surface area contributed by atoms with E-state index in [1.807, 2.05) is 6.92 Å². The van der Waals surface area contributed by atoms with E-state index < -0.39 is 21.8 Å². The van der Waals surface area contributed by atoms with Gasteiger partial charge in [-0.3, -0.25) is 4.79 Å². The number of hydrogen-bond acceptors (Lipinski definition) is 4. The lowest BCUT2D eigenvalue weighted by Gasteiger charge is -2.36. The highest BCUT2D eigenvalue weighted by atomic mass is 32.2. The van der Waals surface area contributed by atoms with Crippen LogP contribution in [0.3, 0.4) is 0 Å². The van der Waals surface area contributed by atoms with Gasteiger partial charge in [0.1, 0.15) is 6.04 Å². The maximum absolute atomic E-state index is 12.4. The van der Waals surface area contributed by atoms with Crippen LogP contribution in [0.25, 0.3) is 0 Å². The Hall–Kier alpha value is -1.89. The third kappa shape index (κ3) is 4.81. The second-order valence-electron chi connectivity index (χ2n) is 6.62. The standard InChI is InChI=1S/C18H25NO5S/c1-3-25(23,24)15-7-4-14(5-8-15)6-9-17(20)19-11-10-13(2)12-16(19)18(21)22/h4-5,7-8,13,16H,3,6,9-12H2,1-2H3,(H,21,22). The maximum Gasteiger partial charge on any atom is 0.326 e. The summed E-state index contributed by atoms with van der Waals surface area (Å²) >= 11 is 0. The molecule has 1 amide bonds. The zero-order valence-corrected chi connectivity index (χ0v) is 15.5. The van der Waals surface area contributed by atoms with E-state index in [-0.39, 0.29) is 23.0 Å². The quantitative estimate of drug-likeness (QED) is 0.831. The highest BCUT2D eigenvalue weighted by Gasteiger charge is 2.34. The van der Waals surface area contributed by atoms with E-state index in [0.29, 0.717) is 25.3 Å². The van der Waals surface area contributed by atoms with E-state index in [0.717, 1.165) is 12.0 Å². The molecule has 1 saturated heterocycles. The lowest BCUT2D eigenvalue weighted by Crippen LogP contribution is -2.49. The maximum atomic E-state index is 12.4. The topological polar surface area (TPSA) is 91.8 Å². The number of carbonyl (C=O) groups excluding carboxylic acids is 1. The smallest absolute Gasteiger partial charge is 0.326 e. The minimum absolute atomic E-state index is 0.0504. The molecular formula is C18H25NO5S. The summed E-state index contributed by atoms with van der Waals surface area (Å²) in [5, 5.41) is 9.34. The molecule has 1 heterocycles. The largest absolute Gasteiger partial charge is 0.480 e. The minimum atomic E-state index is -3.23. The van der Waals surface area contributed by atoms with Gasteiger partial charge in [-0.2, -0.15) is 0 Å². The van der Waals surface area contributed by atoms with Gasteiger partial charge in [0.15, 0.2) is 9.84 Å². The number of piperidine rings is 1. The summed E-state index contributed by atoms with van der Waals surface area (Å²) in [6.45, 7) is 4.08. The lowest BCUT2D eigenvalue weighted by molar-refractivity contribution is -0.153. The van der Waals surface area contributed by atoms with E-state index in [4.69, 9.17) is 0 Å². The number of rotatable bonds is 6. The van der Waals surface area contributed by atoms with Gasteiger partial charge in [0, 0.05) is 13.0 Å². The Labute approximate surface area is 148 Å². The van der Waals surface area contributed by atoms with E-state index >= 15 is 0 Å². The Morgan fingerprint density at radius 1 is 1.24 bits per heavy atom. The second kappa shape index (κ2) is 7.99. The van der Waals surface area contributed by atoms with Gasteiger partial charge in [-0.05, 0) is 42.9 Å². The first-order valence-electron chi connectivity index (χ1n) is 8.58. The van der Waals surface area contributed by atoms with E-state index in [2.05, 4.69) is 0 Å². The number of aliphatic carboxylic acids is 1. The van der Waals surface area contributed by atoms with Gasteiger partial charge in [0.05, 0.1) is 10.6 Å². The van der Waals surface area contributed by atoms with Gasteiger partial charge in [0.2, 0.25) is 5.91 Å². The zero-order chi connectivity index (χ0) is 18.6. The molecule has 2 atom stereocenters. The molecule has 0 bridgehead atoms. The van der Waals surface area contributed by atoms with Gasteiger partial charge in [-0.15, -0.1) is 0 Å². The van der Waals surface area contributed by atoms with E-state index in [9.17, 15) is 23.1 Å². The summed E-state index contributed by atoms with van der Waals surface area (Å²) in [6, 6.07) is 5.79. The zero-order valence-electron chi connectivity index (χ0n) is 14.6. The number of amides is 1. The summed E-state index contributed by atoms with van der Waals surface area (Å²) in [5.41, 5.74) is 0.862. The van der Waals surface area contributed by atoms with E-state index in [1.165, 1.54) is 4.90 Å². The molecule has 2 rings (SSSR count). The first-order chi connectivity index (χ1) is 11.7. The Morgan fingerprint density at radius 2 is 1.88 bits per heavy atom. The molecule has 1 aromatic rings. The highest BCUT2D eigenvalue weighted by molar-refractivity contribution is 7.91. The fourth-order valence-corrected chi connectivity index (χ4v) is 3.98. The summed E-state index contributed by atoms with van der Waals surface area (Å²) in [4.78, 5) is 25.6. The fourth-order valence-electron chi connectivity index (χ4n) is 3.10. The van der Waals surface area contributed by atoms with Crippen LogP contribution in [0.1, 0.15) is 38.7 Å². The Morgan fingerprint density at radius 3 is 2.44 bits per heavy atom. The van der Waals surface area contributed by atoms with Crippen molar-refractivity contribution in [3.63, 3.8) is 0 Å². The molecular weight excluding hydrogens is 342 g/mol. The summed E-state index contributed by atoms with van der Waals surface area (Å²) < 4.78 is 23.6. The normalized spacial score (nSPS) is 21.1. The van der Waals surface area contributed by atoms with Crippen molar-refractivity contribution in [2.24, 2.45) is 5.92 Å². The van der Waals surface area contributed by atoms with Gasteiger partial charge < -0.3 is 10.0 Å². The monoisotopic (exact) mass is 367 g/mol. The van der Waals surface area contributed by atoms with Crippen molar-refractivity contribution < 1.29 is 23.1 Å². The van der Waals surface area contributed by atoms with Crippen molar-refractivity contribution in [1.29, 1.82) is 0 Å². The summed E-state index contributed by atoms with van der Waals surface area (Å²) in [6.07, 6.45) is 1.99. The van der Waals surface area contributed by atoms with Crippen molar-refractivity contribution >= 4 is 21.7 Å². The molecule has 6 nitrogen and oxygen atoms in total. The van der Waals surface area contributed by atoms with Crippen LogP contribution in [-0.2, 0) is 25.8 Å². The van der Waals surface area contributed by atoms with Gasteiger partial charge in [0.25, 0.3) is 0 Å². The molecule has 0 radical (unpaired) electrons. The number of carboxylic acids is 1. The molecule has 1 N–H and O–H groups in total. The number of carboxylic acid groups (broad SMARTS) is 1. The van der Waals surface area contributed by atoms with Crippen LogP contribution in [0.5, 0.6) is 0 Å². The number of aryl methyl sites for hydroxylation is 1. The first kappa shape index (κ1) is 19.4. The Kier molecular flexibility index (Phi) is 6.21. The van der Waals surface area contributed by atoms with Crippen molar-refractivity contribution in [3.8, 4) is 0 Å². The number of carbonyl (C=O) groups is 2. The van der Waals surface area contributed by atoms with Crippen molar-refractivity contribution in [2.75, 3.05) is 12.3 Å². The average Bonchev–Trinajstić information content (AvgIpc) is 2.59. The third-order valence-electron chi connectivity index (χ3n) is 4.76. The predicted octanol–water partition coefficient (Wildman–Crippen LogP) is 2.12. The van der Waals surface area contributed by atoms with Crippen LogP contribution in [0.15, 0.2) is 29.2 Å². The van der Waals surface area contributed by atoms with Crippen molar-refractivity contribution in [3.05, 3.63) is 29.8 Å². The van der Waals surface area contributed by atoms with Gasteiger partial charge >= 0.3 is 5.97 Å². The fraction of sp³-hybridized carbons (Fsp3) is 0.556. The van der Waals surface area contributed by atoms with Crippen LogP contribution >= 0.6 is 0 Å². The van der Waals surface area contributed by atoms with Crippen LogP contribution in [0.2, 0.25) is 0 Å². The lowest BCUT2D eigenvalue weighted by atomic mass is 9.92. The molecule has 7 heteroatoms. The van der Waals surface area contributed by atoms with Crippen molar-refractivity contribution in [1.82, 2.24) is 4.90 Å². The summed E-state index contributed by atoms with van der Waals surface area (Å²) in [7, 11) is -3.23. The molecule has 1 aliphatic heterocycles. The molecule has 1 aliphatic rings. The molecule has 2 unspecified atom stereocenters. The average molecular weight is 367 g/mol. The molecule has 1 aromatic carbocycles. The van der Waals surface area contributed by atoms with Crippen molar-refractivity contribution in [2.45, 2.75) is 50.5 Å². The first-order valence-corrected chi connectivity index (χ1v) is 10.2. The van der Waals surface area contributed by atoms with Crippen LogP contribution in [-0.4, -0.2) is 48.6 Å². The SMILES string of the molecule is CCS(=O)(=O)c1ccc(CCC(=O)N2CCC(C)CC2C(=O)O)cc1. The number of hydrogen-bond donors (Lipinski definition) is 1. The Bertz CT molecular complexity index is 726. The highest BCUT2D eigenvalue weighted by Crippen LogP contribution is 2.24. The van der Waals surface area contributed by atoms with Crippen LogP contribution in [0.4, 0.5) is 0 Å². The molecule has 0 saturated carbocycles. The minimum Gasteiger partial charge on any atom is -0.480 e. The van der Waals surface area contributed by atoms with Crippen LogP contribution < -0.4 is 0 Å². The number of sulfone groups is 1. The molecule has 1 fully saturated rings.